The van der Waals surface area contributed by atoms with Gasteiger partial charge in [-0.3, -0.25) is 4.79 Å². The zero-order chi connectivity index (χ0) is 13.8. The maximum atomic E-state index is 11.4. The van der Waals surface area contributed by atoms with E-state index in [2.05, 4.69) is 0 Å². The van der Waals surface area contributed by atoms with Gasteiger partial charge in [0.2, 0.25) is 0 Å². The molecule has 1 heterocycles. The minimum atomic E-state index is 0.0633. The lowest BCUT2D eigenvalue weighted by Crippen LogP contribution is -1.96. The summed E-state index contributed by atoms with van der Waals surface area (Å²) in [5.41, 5.74) is 1.72. The van der Waals surface area contributed by atoms with Crippen LogP contribution < -0.4 is 4.74 Å². The molecule has 3 nitrogen and oxygen atoms in total. The van der Waals surface area contributed by atoms with E-state index >= 15 is 0 Å². The molecule has 100 valence electrons. The average molecular weight is 276 g/mol. The minimum Gasteiger partial charge on any atom is -0.496 e. The zero-order valence-corrected chi connectivity index (χ0v) is 12.0. The fourth-order valence-electron chi connectivity index (χ4n) is 1.79. The Hall–Kier alpha value is -1.68. The third kappa shape index (κ3) is 3.20. The first-order valence-electron chi connectivity index (χ1n) is 5.96. The summed E-state index contributed by atoms with van der Waals surface area (Å²) in [4.78, 5) is 12.5. The highest BCUT2D eigenvalue weighted by molar-refractivity contribution is 7.98. The average Bonchev–Trinajstić information content (AvgIpc) is 2.81. The van der Waals surface area contributed by atoms with Crippen molar-refractivity contribution in [3.8, 4) is 5.75 Å². The van der Waals surface area contributed by atoms with E-state index in [1.165, 1.54) is 0 Å². The molecule has 0 amide bonds. The monoisotopic (exact) mass is 276 g/mol. The van der Waals surface area contributed by atoms with Crippen LogP contribution in [0.25, 0.3) is 0 Å². The van der Waals surface area contributed by atoms with Gasteiger partial charge in [0, 0.05) is 21.8 Å². The van der Waals surface area contributed by atoms with Gasteiger partial charge in [-0.15, -0.1) is 11.8 Å². The standard InChI is InChI=1S/C15H16O3S/c1-10(16)12-4-5-14(17-3)13(8-12)9-19-15-6-7-18-11(15)2/h4-8H,9H2,1-3H3. The summed E-state index contributed by atoms with van der Waals surface area (Å²) in [5, 5.41) is 0. The van der Waals surface area contributed by atoms with E-state index in [0.717, 1.165) is 27.7 Å². The number of thioether (sulfide) groups is 1. The van der Waals surface area contributed by atoms with Crippen LogP contribution in [-0.2, 0) is 5.75 Å². The third-order valence-electron chi connectivity index (χ3n) is 2.88. The van der Waals surface area contributed by atoms with Gasteiger partial charge in [-0.2, -0.15) is 0 Å². The van der Waals surface area contributed by atoms with E-state index in [9.17, 15) is 4.79 Å². The second-order valence-corrected chi connectivity index (χ2v) is 5.23. The topological polar surface area (TPSA) is 39.4 Å². The van der Waals surface area contributed by atoms with Crippen molar-refractivity contribution in [2.24, 2.45) is 0 Å². The number of carbonyl (C=O) groups is 1. The number of methoxy groups -OCH3 is 1. The van der Waals surface area contributed by atoms with E-state index in [-0.39, 0.29) is 5.78 Å². The Bertz CT molecular complexity index is 587. The van der Waals surface area contributed by atoms with E-state index in [1.807, 2.05) is 25.1 Å². The predicted octanol–water partition coefficient (Wildman–Crippen LogP) is 4.09. The Balaban J connectivity index is 2.20. The molecule has 0 bridgehead atoms. The van der Waals surface area contributed by atoms with E-state index in [4.69, 9.17) is 9.15 Å². The molecular weight excluding hydrogens is 260 g/mol. The SMILES string of the molecule is COc1ccc(C(C)=O)cc1CSc1ccoc1C. The molecule has 0 aliphatic rings. The summed E-state index contributed by atoms with van der Waals surface area (Å²) >= 11 is 1.67. The van der Waals surface area contributed by atoms with Crippen LogP contribution in [0.3, 0.4) is 0 Å². The molecule has 0 saturated carbocycles. The number of hydrogen-bond acceptors (Lipinski definition) is 4. The number of Topliss-reactive ketones (excluding diaryl/α,β-unsaturated/α-hetero) is 1. The van der Waals surface area contributed by atoms with Crippen LogP contribution in [-0.4, -0.2) is 12.9 Å². The number of ether oxygens (including phenoxy) is 1. The molecule has 0 N–H and O–H groups in total. The van der Waals surface area contributed by atoms with Crippen molar-refractivity contribution in [3.63, 3.8) is 0 Å². The molecule has 1 aromatic heterocycles. The lowest BCUT2D eigenvalue weighted by atomic mass is 10.1. The third-order valence-corrected chi connectivity index (χ3v) is 4.07. The molecule has 2 rings (SSSR count). The number of benzene rings is 1. The van der Waals surface area contributed by atoms with E-state index in [0.29, 0.717) is 5.56 Å². The van der Waals surface area contributed by atoms with Crippen LogP contribution in [0.5, 0.6) is 5.75 Å². The number of carbonyl (C=O) groups excluding carboxylic acids is 1. The Morgan fingerprint density at radius 2 is 2.16 bits per heavy atom. The van der Waals surface area contributed by atoms with Crippen LogP contribution in [0, 0.1) is 6.92 Å². The molecule has 0 unspecified atom stereocenters. The zero-order valence-electron chi connectivity index (χ0n) is 11.2. The molecule has 0 atom stereocenters. The second kappa shape index (κ2) is 5.97. The smallest absolute Gasteiger partial charge is 0.159 e. The number of ketones is 1. The molecule has 0 saturated heterocycles. The van der Waals surface area contributed by atoms with Crippen LogP contribution in [0.1, 0.15) is 28.6 Å². The van der Waals surface area contributed by atoms with Crippen molar-refractivity contribution in [2.75, 3.05) is 7.11 Å². The van der Waals surface area contributed by atoms with Crippen LogP contribution in [0.15, 0.2) is 39.8 Å². The van der Waals surface area contributed by atoms with Gasteiger partial charge in [0.05, 0.1) is 13.4 Å². The minimum absolute atomic E-state index is 0.0633. The van der Waals surface area contributed by atoms with E-state index in [1.54, 1.807) is 38.1 Å². The van der Waals surface area contributed by atoms with Gasteiger partial charge in [-0.25, -0.2) is 0 Å². The largest absolute Gasteiger partial charge is 0.496 e. The molecule has 4 heteroatoms. The normalized spacial score (nSPS) is 10.5. The molecular formula is C15H16O3S. The van der Waals surface area contributed by atoms with Gasteiger partial charge in [0.25, 0.3) is 0 Å². The Kier molecular flexibility index (Phi) is 4.32. The molecule has 0 radical (unpaired) electrons. The molecule has 19 heavy (non-hydrogen) atoms. The van der Waals surface area contributed by atoms with Crippen molar-refractivity contribution in [1.82, 2.24) is 0 Å². The highest BCUT2D eigenvalue weighted by Crippen LogP contribution is 2.31. The number of rotatable bonds is 5. The van der Waals surface area contributed by atoms with Crippen molar-refractivity contribution in [3.05, 3.63) is 47.4 Å². The van der Waals surface area contributed by atoms with Crippen LogP contribution in [0.2, 0.25) is 0 Å². The van der Waals surface area contributed by atoms with Gasteiger partial charge in [0.15, 0.2) is 5.78 Å². The fourth-order valence-corrected chi connectivity index (χ4v) is 2.73. The highest BCUT2D eigenvalue weighted by atomic mass is 32.2. The quantitative estimate of drug-likeness (QED) is 0.609. The predicted molar refractivity (Wildman–Crippen MR) is 76.0 cm³/mol. The van der Waals surface area contributed by atoms with Gasteiger partial charge in [0.1, 0.15) is 11.5 Å². The number of furan rings is 1. The summed E-state index contributed by atoms with van der Waals surface area (Å²) in [7, 11) is 1.64. The lowest BCUT2D eigenvalue weighted by molar-refractivity contribution is 0.101. The fraction of sp³-hybridized carbons (Fsp3) is 0.267. The molecule has 0 aliphatic carbocycles. The summed E-state index contributed by atoms with van der Waals surface area (Å²) in [6.07, 6.45) is 1.68. The Labute approximate surface area is 117 Å². The van der Waals surface area contributed by atoms with Crippen molar-refractivity contribution < 1.29 is 13.9 Å². The maximum Gasteiger partial charge on any atom is 0.159 e. The Morgan fingerprint density at radius 1 is 1.37 bits per heavy atom. The van der Waals surface area contributed by atoms with Crippen molar-refractivity contribution in [2.45, 2.75) is 24.5 Å². The van der Waals surface area contributed by atoms with E-state index < -0.39 is 0 Å². The molecule has 1 aromatic carbocycles. The summed E-state index contributed by atoms with van der Waals surface area (Å²) in [5.74, 6) is 2.52. The number of hydrogen-bond donors (Lipinski definition) is 0. The van der Waals surface area contributed by atoms with Gasteiger partial charge >= 0.3 is 0 Å². The van der Waals surface area contributed by atoms with Gasteiger partial charge < -0.3 is 9.15 Å². The maximum absolute atomic E-state index is 11.4. The van der Waals surface area contributed by atoms with Crippen molar-refractivity contribution in [1.29, 1.82) is 0 Å². The van der Waals surface area contributed by atoms with Crippen molar-refractivity contribution >= 4 is 17.5 Å². The first-order chi connectivity index (χ1) is 9.11. The summed E-state index contributed by atoms with van der Waals surface area (Å²) in [6, 6.07) is 7.47. The number of aryl methyl sites for hydroxylation is 1. The molecule has 0 fully saturated rings. The second-order valence-electron chi connectivity index (χ2n) is 4.21. The van der Waals surface area contributed by atoms with Crippen LogP contribution >= 0.6 is 11.8 Å². The molecule has 0 spiro atoms. The molecule has 2 aromatic rings. The highest BCUT2D eigenvalue weighted by Gasteiger charge is 2.09. The molecule has 0 aliphatic heterocycles. The lowest BCUT2D eigenvalue weighted by Gasteiger charge is -2.09. The Morgan fingerprint density at radius 3 is 2.74 bits per heavy atom. The first kappa shape index (κ1) is 13.7. The summed E-state index contributed by atoms with van der Waals surface area (Å²) < 4.78 is 10.6. The van der Waals surface area contributed by atoms with Crippen LogP contribution in [0.4, 0.5) is 0 Å². The van der Waals surface area contributed by atoms with Gasteiger partial charge in [-0.1, -0.05) is 0 Å². The van der Waals surface area contributed by atoms with Gasteiger partial charge in [-0.05, 0) is 38.1 Å². The summed E-state index contributed by atoms with van der Waals surface area (Å²) in [6.45, 7) is 3.50. The first-order valence-corrected chi connectivity index (χ1v) is 6.95.